The normalized spacial score (nSPS) is 17.3. The van der Waals surface area contributed by atoms with Crippen molar-refractivity contribution in [3.63, 3.8) is 0 Å². The number of rotatable bonds is 8. The molecule has 2 rings (SSSR count). The Hall–Kier alpha value is -1.39. The van der Waals surface area contributed by atoms with Gasteiger partial charge in [0.25, 0.3) is 0 Å². The minimum absolute atomic E-state index is 0.0954. The van der Waals surface area contributed by atoms with E-state index in [2.05, 4.69) is 29.7 Å². The van der Waals surface area contributed by atoms with Crippen molar-refractivity contribution in [3.8, 4) is 0 Å². The Kier molecular flexibility index (Phi) is 6.70. The monoisotopic (exact) mass is 290 g/mol. The van der Waals surface area contributed by atoms with E-state index in [0.717, 1.165) is 45.4 Å². The molecule has 0 bridgehead atoms. The zero-order chi connectivity index (χ0) is 14.9. The van der Waals surface area contributed by atoms with Gasteiger partial charge in [-0.2, -0.15) is 0 Å². The van der Waals surface area contributed by atoms with Crippen LogP contribution in [0.15, 0.2) is 24.3 Å². The van der Waals surface area contributed by atoms with Gasteiger partial charge in [-0.25, -0.2) is 0 Å². The van der Waals surface area contributed by atoms with E-state index in [1.807, 2.05) is 12.1 Å². The number of amides is 1. The van der Waals surface area contributed by atoms with E-state index in [1.54, 1.807) is 0 Å². The van der Waals surface area contributed by atoms with Crippen LogP contribution < -0.4 is 10.6 Å². The van der Waals surface area contributed by atoms with Crippen LogP contribution in [0, 0.1) is 0 Å². The van der Waals surface area contributed by atoms with Gasteiger partial charge in [-0.3, -0.25) is 4.79 Å². The molecule has 4 heteroatoms. The maximum Gasteiger partial charge on any atom is 0.237 e. The molecule has 1 aliphatic heterocycles. The molecule has 4 nitrogen and oxygen atoms in total. The average molecular weight is 290 g/mol. The Balaban J connectivity index is 1.64. The van der Waals surface area contributed by atoms with Crippen LogP contribution >= 0.6 is 0 Å². The Labute approximate surface area is 127 Å². The number of unbranched alkanes of at least 4 members (excludes halogenated alkanes) is 1. The molecule has 0 saturated carbocycles. The predicted octanol–water partition coefficient (Wildman–Crippen LogP) is 2.02. The van der Waals surface area contributed by atoms with Gasteiger partial charge in [-0.1, -0.05) is 37.6 Å². The standard InChI is InChI=1S/C17H26N2O2/c1-2-3-10-21-11-6-9-18-17(20)16-12-14-7-4-5-8-15(14)13-19-16/h4-5,7-8,16,19H,2-3,6,9-13H2,1H3,(H,18,20)/t16-/m1/s1. The van der Waals surface area contributed by atoms with Crippen molar-refractivity contribution in [1.82, 2.24) is 10.6 Å². The minimum atomic E-state index is -0.110. The fraction of sp³-hybridized carbons (Fsp3) is 0.588. The Morgan fingerprint density at radius 2 is 2.05 bits per heavy atom. The molecule has 0 unspecified atom stereocenters. The number of benzene rings is 1. The number of ether oxygens (including phenoxy) is 1. The van der Waals surface area contributed by atoms with E-state index in [9.17, 15) is 4.79 Å². The van der Waals surface area contributed by atoms with Gasteiger partial charge in [0.15, 0.2) is 0 Å². The Morgan fingerprint density at radius 3 is 2.86 bits per heavy atom. The maximum absolute atomic E-state index is 12.1. The van der Waals surface area contributed by atoms with Gasteiger partial charge < -0.3 is 15.4 Å². The van der Waals surface area contributed by atoms with Crippen molar-refractivity contribution in [2.24, 2.45) is 0 Å². The van der Waals surface area contributed by atoms with Gasteiger partial charge >= 0.3 is 0 Å². The summed E-state index contributed by atoms with van der Waals surface area (Å²) in [7, 11) is 0. The van der Waals surface area contributed by atoms with Gasteiger partial charge in [0.05, 0.1) is 6.04 Å². The lowest BCUT2D eigenvalue weighted by Gasteiger charge is -2.25. The Bertz CT molecular complexity index is 448. The second-order valence-electron chi connectivity index (χ2n) is 5.52. The van der Waals surface area contributed by atoms with E-state index in [0.29, 0.717) is 6.54 Å². The molecule has 1 aliphatic rings. The van der Waals surface area contributed by atoms with Crippen LogP contribution in [0.2, 0.25) is 0 Å². The molecule has 0 spiro atoms. The second kappa shape index (κ2) is 8.80. The highest BCUT2D eigenvalue weighted by Crippen LogP contribution is 2.16. The van der Waals surface area contributed by atoms with E-state index < -0.39 is 0 Å². The topological polar surface area (TPSA) is 50.4 Å². The highest BCUT2D eigenvalue weighted by molar-refractivity contribution is 5.82. The van der Waals surface area contributed by atoms with Crippen molar-refractivity contribution < 1.29 is 9.53 Å². The van der Waals surface area contributed by atoms with Crippen LogP contribution in [0.4, 0.5) is 0 Å². The van der Waals surface area contributed by atoms with Crippen LogP contribution in [0.25, 0.3) is 0 Å². The highest BCUT2D eigenvalue weighted by Gasteiger charge is 2.23. The summed E-state index contributed by atoms with van der Waals surface area (Å²) < 4.78 is 5.48. The zero-order valence-electron chi connectivity index (χ0n) is 12.9. The van der Waals surface area contributed by atoms with Gasteiger partial charge in [-0.05, 0) is 30.4 Å². The number of carbonyl (C=O) groups is 1. The van der Waals surface area contributed by atoms with Crippen LogP contribution in [0.3, 0.4) is 0 Å². The first-order valence-corrected chi connectivity index (χ1v) is 7.97. The summed E-state index contributed by atoms with van der Waals surface area (Å²) >= 11 is 0. The lowest BCUT2D eigenvalue weighted by atomic mass is 9.95. The first-order chi connectivity index (χ1) is 10.3. The summed E-state index contributed by atoms with van der Waals surface area (Å²) in [5.41, 5.74) is 2.57. The molecular formula is C17H26N2O2. The highest BCUT2D eigenvalue weighted by atomic mass is 16.5. The van der Waals surface area contributed by atoms with Crippen molar-refractivity contribution in [2.75, 3.05) is 19.8 Å². The number of hydrogen-bond acceptors (Lipinski definition) is 3. The van der Waals surface area contributed by atoms with E-state index in [-0.39, 0.29) is 11.9 Å². The molecule has 1 aromatic carbocycles. The molecule has 0 aromatic heterocycles. The summed E-state index contributed by atoms with van der Waals surface area (Å²) in [6, 6.07) is 8.19. The molecule has 21 heavy (non-hydrogen) atoms. The summed E-state index contributed by atoms with van der Waals surface area (Å²) in [6.45, 7) is 5.16. The third-order valence-corrected chi connectivity index (χ3v) is 3.80. The fourth-order valence-corrected chi connectivity index (χ4v) is 2.50. The molecular weight excluding hydrogens is 264 g/mol. The van der Waals surface area contributed by atoms with Crippen molar-refractivity contribution >= 4 is 5.91 Å². The lowest BCUT2D eigenvalue weighted by molar-refractivity contribution is -0.123. The number of carbonyl (C=O) groups excluding carboxylic acids is 1. The molecule has 116 valence electrons. The van der Waals surface area contributed by atoms with Crippen molar-refractivity contribution in [2.45, 2.75) is 45.2 Å². The molecule has 0 aliphatic carbocycles. The largest absolute Gasteiger partial charge is 0.381 e. The molecule has 2 N–H and O–H groups in total. The molecule has 0 saturated heterocycles. The van der Waals surface area contributed by atoms with E-state index >= 15 is 0 Å². The Morgan fingerprint density at radius 1 is 1.29 bits per heavy atom. The van der Waals surface area contributed by atoms with Crippen LogP contribution in [-0.2, 0) is 22.5 Å². The third kappa shape index (κ3) is 5.14. The van der Waals surface area contributed by atoms with Gasteiger partial charge in [0.2, 0.25) is 5.91 Å². The molecule has 1 atom stereocenters. The number of nitrogens with one attached hydrogen (secondary N) is 2. The maximum atomic E-state index is 12.1. The van der Waals surface area contributed by atoms with Crippen LogP contribution in [0.5, 0.6) is 0 Å². The second-order valence-corrected chi connectivity index (χ2v) is 5.52. The molecule has 1 amide bonds. The fourth-order valence-electron chi connectivity index (χ4n) is 2.50. The van der Waals surface area contributed by atoms with Gasteiger partial charge in [0.1, 0.15) is 0 Å². The smallest absolute Gasteiger partial charge is 0.237 e. The number of fused-ring (bicyclic) bond motifs is 1. The zero-order valence-corrected chi connectivity index (χ0v) is 12.9. The first kappa shape index (κ1) is 16.0. The van der Waals surface area contributed by atoms with Crippen molar-refractivity contribution in [1.29, 1.82) is 0 Å². The lowest BCUT2D eigenvalue weighted by Crippen LogP contribution is -2.47. The predicted molar refractivity (Wildman–Crippen MR) is 84.1 cm³/mol. The SMILES string of the molecule is CCCCOCCCNC(=O)[C@H]1Cc2ccccc2CN1. The first-order valence-electron chi connectivity index (χ1n) is 7.97. The van der Waals surface area contributed by atoms with E-state index in [4.69, 9.17) is 4.74 Å². The number of hydrogen-bond donors (Lipinski definition) is 2. The molecule has 0 radical (unpaired) electrons. The summed E-state index contributed by atoms with van der Waals surface area (Å²) in [5, 5.41) is 6.29. The summed E-state index contributed by atoms with van der Waals surface area (Å²) in [6.07, 6.45) is 3.91. The molecule has 0 fully saturated rings. The van der Waals surface area contributed by atoms with Crippen molar-refractivity contribution in [3.05, 3.63) is 35.4 Å². The van der Waals surface area contributed by atoms with Gasteiger partial charge in [-0.15, -0.1) is 0 Å². The average Bonchev–Trinajstić information content (AvgIpc) is 2.53. The molecule has 1 heterocycles. The van der Waals surface area contributed by atoms with Crippen LogP contribution in [0.1, 0.15) is 37.3 Å². The summed E-state index contributed by atoms with van der Waals surface area (Å²) in [4.78, 5) is 12.1. The van der Waals surface area contributed by atoms with Gasteiger partial charge in [0, 0.05) is 26.3 Å². The third-order valence-electron chi connectivity index (χ3n) is 3.80. The quantitative estimate of drug-likeness (QED) is 0.720. The summed E-state index contributed by atoms with van der Waals surface area (Å²) in [5.74, 6) is 0.0954. The molecule has 1 aromatic rings. The van der Waals surface area contributed by atoms with Crippen LogP contribution in [-0.4, -0.2) is 31.7 Å². The van der Waals surface area contributed by atoms with E-state index in [1.165, 1.54) is 11.1 Å². The minimum Gasteiger partial charge on any atom is -0.381 e.